The third-order valence-electron chi connectivity index (χ3n) is 7.55. The summed E-state index contributed by atoms with van der Waals surface area (Å²) in [7, 11) is -14.7. The summed E-state index contributed by atoms with van der Waals surface area (Å²) in [6, 6.07) is 16.3. The summed E-state index contributed by atoms with van der Waals surface area (Å²) in [5, 5.41) is 24.5. The molecule has 5 aromatic carbocycles. The standard InChI is InChI=1S/C31H24ClN7O10S3/c1-15-6-8-18(9-7-15)33-30-35-29(32)36-31(37-30)34-23-14-19(50(41,42)43)13-17-12-16(2)26(27(40)25(17)23)39-38-22-11-10-20-21(28(22)52(47,48)49)4-3-5-24(20)51(44,45)46/h3-14,40H,1-2H3,(H,41,42,43)(H,44,45,46)(H,47,48,49)(H2,33,34,35,36,37). The first kappa shape index (κ1) is 36.4. The zero-order valence-corrected chi connectivity index (χ0v) is 29.7. The van der Waals surface area contributed by atoms with E-state index in [0.29, 0.717) is 5.69 Å². The van der Waals surface area contributed by atoms with E-state index in [9.17, 15) is 44.0 Å². The van der Waals surface area contributed by atoms with Gasteiger partial charge in [0.15, 0.2) is 5.75 Å². The number of aromatic nitrogens is 3. The molecule has 0 aliphatic rings. The van der Waals surface area contributed by atoms with Gasteiger partial charge in [-0.3, -0.25) is 13.7 Å². The molecule has 6 aromatic rings. The van der Waals surface area contributed by atoms with E-state index in [2.05, 4.69) is 35.8 Å². The Balaban J connectivity index is 1.50. The van der Waals surface area contributed by atoms with Crippen molar-refractivity contribution in [3.05, 3.63) is 89.2 Å². The van der Waals surface area contributed by atoms with Gasteiger partial charge in [0, 0.05) is 21.8 Å². The molecule has 0 saturated carbocycles. The lowest BCUT2D eigenvalue weighted by Gasteiger charge is -2.15. The van der Waals surface area contributed by atoms with Gasteiger partial charge in [0.05, 0.1) is 10.6 Å². The molecule has 0 bridgehead atoms. The molecule has 0 atom stereocenters. The number of halogens is 1. The van der Waals surface area contributed by atoms with Crippen molar-refractivity contribution < 1.29 is 44.0 Å². The lowest BCUT2D eigenvalue weighted by Crippen LogP contribution is -2.06. The van der Waals surface area contributed by atoms with Crippen LogP contribution in [0.15, 0.2) is 97.7 Å². The molecule has 0 unspecified atom stereocenters. The quantitative estimate of drug-likeness (QED) is 0.0650. The third kappa shape index (κ3) is 7.48. The molecule has 0 amide bonds. The largest absolute Gasteiger partial charge is 0.505 e. The first-order chi connectivity index (χ1) is 24.3. The lowest BCUT2D eigenvalue weighted by atomic mass is 10.0. The minimum Gasteiger partial charge on any atom is -0.505 e. The van der Waals surface area contributed by atoms with Crippen molar-refractivity contribution in [1.29, 1.82) is 0 Å². The number of benzene rings is 5. The highest BCUT2D eigenvalue weighted by molar-refractivity contribution is 7.86. The van der Waals surface area contributed by atoms with E-state index in [4.69, 9.17) is 11.6 Å². The molecule has 21 heteroatoms. The normalized spacial score (nSPS) is 12.5. The predicted molar refractivity (Wildman–Crippen MR) is 190 cm³/mol. The van der Waals surface area contributed by atoms with E-state index in [1.807, 2.05) is 19.1 Å². The topological polar surface area (TPSA) is 271 Å². The fraction of sp³-hybridized carbons (Fsp3) is 0.0645. The van der Waals surface area contributed by atoms with Crippen LogP contribution in [0.5, 0.6) is 5.75 Å². The Bertz CT molecular complexity index is 2820. The van der Waals surface area contributed by atoms with E-state index in [1.165, 1.54) is 19.1 Å². The van der Waals surface area contributed by atoms with Gasteiger partial charge in [-0.25, -0.2) is 0 Å². The first-order valence-electron chi connectivity index (χ1n) is 14.5. The van der Waals surface area contributed by atoms with Gasteiger partial charge in [0.25, 0.3) is 30.4 Å². The predicted octanol–water partition coefficient (Wildman–Crippen LogP) is 6.80. The Morgan fingerprint density at radius 3 is 2.02 bits per heavy atom. The second-order valence-corrected chi connectivity index (χ2v) is 15.7. The average molecular weight is 786 g/mol. The van der Waals surface area contributed by atoms with Crippen molar-refractivity contribution in [2.45, 2.75) is 28.5 Å². The summed E-state index contributed by atoms with van der Waals surface area (Å²) in [5.41, 5.74) is 0.968. The number of aryl methyl sites for hydroxylation is 2. The van der Waals surface area contributed by atoms with Crippen molar-refractivity contribution in [2.75, 3.05) is 10.6 Å². The molecule has 0 saturated heterocycles. The number of aromatic hydroxyl groups is 1. The van der Waals surface area contributed by atoms with Crippen molar-refractivity contribution in [2.24, 2.45) is 10.2 Å². The summed E-state index contributed by atoms with van der Waals surface area (Å²) in [4.78, 5) is 10.3. The second-order valence-electron chi connectivity index (χ2n) is 11.2. The molecule has 0 spiro atoms. The zero-order chi connectivity index (χ0) is 37.7. The van der Waals surface area contributed by atoms with Gasteiger partial charge < -0.3 is 15.7 Å². The highest BCUT2D eigenvalue weighted by atomic mass is 35.5. The fourth-order valence-electron chi connectivity index (χ4n) is 5.31. The minimum absolute atomic E-state index is 0.00452. The third-order valence-corrected chi connectivity index (χ3v) is 10.4. The van der Waals surface area contributed by atoms with Gasteiger partial charge in [0.2, 0.25) is 17.2 Å². The number of hydrogen-bond acceptors (Lipinski definition) is 14. The monoisotopic (exact) mass is 785 g/mol. The Labute approximate surface area is 300 Å². The molecule has 1 heterocycles. The molecular formula is C31H24ClN7O10S3. The van der Waals surface area contributed by atoms with Gasteiger partial charge >= 0.3 is 0 Å². The number of anilines is 4. The number of nitrogens with zero attached hydrogens (tertiary/aromatic N) is 5. The van der Waals surface area contributed by atoms with E-state index in [1.54, 1.807) is 12.1 Å². The van der Waals surface area contributed by atoms with Gasteiger partial charge in [-0.2, -0.15) is 40.2 Å². The molecule has 0 aliphatic carbocycles. The van der Waals surface area contributed by atoms with Crippen molar-refractivity contribution in [1.82, 2.24) is 15.0 Å². The van der Waals surface area contributed by atoms with E-state index < -0.39 is 56.5 Å². The maximum atomic E-state index is 12.5. The first-order valence-corrected chi connectivity index (χ1v) is 19.2. The molecule has 1 aromatic heterocycles. The smallest absolute Gasteiger partial charge is 0.297 e. The highest BCUT2D eigenvalue weighted by Crippen LogP contribution is 2.45. The van der Waals surface area contributed by atoms with Crippen LogP contribution in [0.2, 0.25) is 5.28 Å². The maximum absolute atomic E-state index is 12.5. The molecule has 268 valence electrons. The van der Waals surface area contributed by atoms with Crippen LogP contribution in [0.25, 0.3) is 21.5 Å². The van der Waals surface area contributed by atoms with Crippen LogP contribution in [0.4, 0.5) is 34.6 Å². The Morgan fingerprint density at radius 1 is 0.712 bits per heavy atom. The molecular weight excluding hydrogens is 762 g/mol. The van der Waals surface area contributed by atoms with Crippen LogP contribution < -0.4 is 10.6 Å². The Morgan fingerprint density at radius 2 is 1.38 bits per heavy atom. The van der Waals surface area contributed by atoms with E-state index >= 15 is 0 Å². The van der Waals surface area contributed by atoms with Gasteiger partial charge in [-0.15, -0.1) is 10.2 Å². The van der Waals surface area contributed by atoms with Crippen LogP contribution in [-0.2, 0) is 30.4 Å². The summed E-state index contributed by atoms with van der Waals surface area (Å²) in [6.07, 6.45) is 0. The molecule has 0 radical (unpaired) electrons. The minimum atomic E-state index is -5.09. The van der Waals surface area contributed by atoms with Crippen LogP contribution in [0.3, 0.4) is 0 Å². The van der Waals surface area contributed by atoms with Crippen molar-refractivity contribution >= 4 is 98.1 Å². The van der Waals surface area contributed by atoms with Crippen molar-refractivity contribution in [3.63, 3.8) is 0 Å². The molecule has 6 N–H and O–H groups in total. The molecule has 6 rings (SSSR count). The molecule has 17 nitrogen and oxygen atoms in total. The number of phenols is 1. The van der Waals surface area contributed by atoms with Gasteiger partial charge in [-0.1, -0.05) is 35.9 Å². The summed E-state index contributed by atoms with van der Waals surface area (Å²) >= 11 is 6.16. The fourth-order valence-corrected chi connectivity index (χ4v) is 7.55. The lowest BCUT2D eigenvalue weighted by molar-refractivity contribution is 0.480. The van der Waals surface area contributed by atoms with E-state index in [-0.39, 0.29) is 55.7 Å². The highest BCUT2D eigenvalue weighted by Gasteiger charge is 2.25. The van der Waals surface area contributed by atoms with E-state index in [0.717, 1.165) is 42.0 Å². The van der Waals surface area contributed by atoms with Crippen LogP contribution >= 0.6 is 11.6 Å². The molecule has 0 fully saturated rings. The number of nitrogens with one attached hydrogen (secondary N) is 2. The van der Waals surface area contributed by atoms with Crippen LogP contribution in [-0.4, -0.2) is 59.0 Å². The number of rotatable bonds is 9. The number of hydrogen-bond donors (Lipinski definition) is 6. The summed E-state index contributed by atoms with van der Waals surface area (Å²) < 4.78 is 103. The number of azo groups is 1. The Hall–Kier alpha value is -5.35. The second kappa shape index (κ2) is 13.3. The maximum Gasteiger partial charge on any atom is 0.297 e. The average Bonchev–Trinajstić information content (AvgIpc) is 3.03. The number of fused-ring (bicyclic) bond motifs is 2. The molecule has 52 heavy (non-hydrogen) atoms. The van der Waals surface area contributed by atoms with Crippen LogP contribution in [0, 0.1) is 13.8 Å². The summed E-state index contributed by atoms with van der Waals surface area (Å²) in [6.45, 7) is 3.38. The zero-order valence-electron chi connectivity index (χ0n) is 26.5. The summed E-state index contributed by atoms with van der Waals surface area (Å²) in [5.74, 6) is -0.793. The molecule has 0 aliphatic heterocycles. The number of phenolic OH excluding ortho intramolecular Hbond substituents is 1. The van der Waals surface area contributed by atoms with Crippen molar-refractivity contribution in [3.8, 4) is 5.75 Å². The van der Waals surface area contributed by atoms with Crippen LogP contribution in [0.1, 0.15) is 11.1 Å². The van der Waals surface area contributed by atoms with Gasteiger partial charge in [-0.05, 0) is 78.9 Å². The SMILES string of the molecule is Cc1ccc(Nc2nc(Cl)nc(Nc3cc(S(=O)(=O)O)cc4cc(C)c(N=Nc5ccc6c(S(=O)(=O)O)cccc6c5S(=O)(=O)O)c(O)c34)n2)cc1. The van der Waals surface area contributed by atoms with Gasteiger partial charge in [0.1, 0.15) is 21.2 Å². The Kier molecular flexibility index (Phi) is 9.34.